The lowest BCUT2D eigenvalue weighted by atomic mass is 10.0. The minimum absolute atomic E-state index is 0.110. The van der Waals surface area contributed by atoms with Gasteiger partial charge in [0.1, 0.15) is 5.75 Å². The van der Waals surface area contributed by atoms with E-state index in [1.807, 2.05) is 18.2 Å². The smallest absolute Gasteiger partial charge is 0.223 e. The van der Waals surface area contributed by atoms with E-state index in [9.17, 15) is 4.79 Å². The quantitative estimate of drug-likeness (QED) is 0.864. The molecule has 0 spiro atoms. The number of amides is 1. The van der Waals surface area contributed by atoms with Gasteiger partial charge in [-0.05, 0) is 36.3 Å². The summed E-state index contributed by atoms with van der Waals surface area (Å²) in [6, 6.07) is 8.28. The molecule has 0 saturated heterocycles. The molecule has 20 heavy (non-hydrogen) atoms. The molecule has 0 radical (unpaired) electrons. The van der Waals surface area contributed by atoms with Crippen LogP contribution in [0, 0.1) is 11.8 Å². The van der Waals surface area contributed by atoms with E-state index in [1.165, 1.54) is 0 Å². The third kappa shape index (κ3) is 3.14. The second kappa shape index (κ2) is 6.29. The van der Waals surface area contributed by atoms with Crippen LogP contribution in [0.5, 0.6) is 5.75 Å². The van der Waals surface area contributed by atoms with Gasteiger partial charge >= 0.3 is 0 Å². The Kier molecular flexibility index (Phi) is 4.69. The van der Waals surface area contributed by atoms with Crippen LogP contribution in [0.1, 0.15) is 45.1 Å². The van der Waals surface area contributed by atoms with Crippen LogP contribution in [0.4, 0.5) is 0 Å². The number of hydrogen-bond acceptors (Lipinski definition) is 2. The summed E-state index contributed by atoms with van der Waals surface area (Å²) in [4.78, 5) is 12.3. The van der Waals surface area contributed by atoms with E-state index < -0.39 is 0 Å². The van der Waals surface area contributed by atoms with Crippen molar-refractivity contribution in [1.82, 2.24) is 5.32 Å². The molecule has 1 N–H and O–H groups in total. The lowest BCUT2D eigenvalue weighted by Gasteiger charge is -2.20. The molecule has 0 aromatic heterocycles. The summed E-state index contributed by atoms with van der Waals surface area (Å²) in [5, 5.41) is 3.19. The number of nitrogens with one attached hydrogen (secondary N) is 1. The van der Waals surface area contributed by atoms with Crippen LogP contribution >= 0.6 is 0 Å². The third-order valence-electron chi connectivity index (χ3n) is 4.24. The maximum absolute atomic E-state index is 12.3. The average Bonchev–Trinajstić information content (AvgIpc) is 3.24. The van der Waals surface area contributed by atoms with E-state index in [-0.39, 0.29) is 17.9 Å². The fraction of sp³-hybridized carbons (Fsp3) is 0.588. The van der Waals surface area contributed by atoms with Crippen molar-refractivity contribution in [3.63, 3.8) is 0 Å². The SMILES string of the molecule is CC[C@H](NC(=O)[C@@H]1C[C@H]1c1ccccc1OC)C(C)C. The van der Waals surface area contributed by atoms with Crippen molar-refractivity contribution in [2.45, 2.75) is 45.6 Å². The van der Waals surface area contributed by atoms with Gasteiger partial charge in [-0.3, -0.25) is 4.79 Å². The molecule has 1 amide bonds. The lowest BCUT2D eigenvalue weighted by molar-refractivity contribution is -0.123. The van der Waals surface area contributed by atoms with Gasteiger partial charge in [-0.25, -0.2) is 0 Å². The van der Waals surface area contributed by atoms with Crippen molar-refractivity contribution in [3.05, 3.63) is 29.8 Å². The molecule has 3 atom stereocenters. The van der Waals surface area contributed by atoms with Gasteiger partial charge in [-0.15, -0.1) is 0 Å². The van der Waals surface area contributed by atoms with Crippen LogP contribution in [-0.4, -0.2) is 19.1 Å². The number of benzene rings is 1. The Hall–Kier alpha value is -1.51. The van der Waals surface area contributed by atoms with Crippen molar-refractivity contribution in [1.29, 1.82) is 0 Å². The molecule has 2 rings (SSSR count). The van der Waals surface area contributed by atoms with Crippen molar-refractivity contribution < 1.29 is 9.53 Å². The van der Waals surface area contributed by atoms with Crippen LogP contribution in [0.3, 0.4) is 0 Å². The highest BCUT2D eigenvalue weighted by Gasteiger charge is 2.45. The Labute approximate surface area is 121 Å². The Morgan fingerprint density at radius 2 is 2.10 bits per heavy atom. The van der Waals surface area contributed by atoms with Crippen LogP contribution < -0.4 is 10.1 Å². The van der Waals surface area contributed by atoms with Crippen LogP contribution in [0.25, 0.3) is 0 Å². The molecule has 1 aliphatic rings. The van der Waals surface area contributed by atoms with E-state index in [0.717, 1.165) is 24.2 Å². The molecule has 3 nitrogen and oxygen atoms in total. The average molecular weight is 275 g/mol. The number of rotatable bonds is 6. The normalized spacial score (nSPS) is 22.4. The Morgan fingerprint density at radius 1 is 1.40 bits per heavy atom. The fourth-order valence-electron chi connectivity index (χ4n) is 2.83. The standard InChI is InChI=1S/C17H25NO2/c1-5-15(11(2)3)18-17(19)14-10-13(14)12-8-6-7-9-16(12)20-4/h6-9,11,13-15H,5,10H2,1-4H3,(H,18,19)/t13-,14+,15-/m0/s1. The molecule has 1 fully saturated rings. The molecule has 1 aromatic rings. The van der Waals surface area contributed by atoms with Gasteiger partial charge in [0.25, 0.3) is 0 Å². The zero-order valence-electron chi connectivity index (χ0n) is 12.8. The highest BCUT2D eigenvalue weighted by Crippen LogP contribution is 2.50. The van der Waals surface area contributed by atoms with Crippen LogP contribution in [0.15, 0.2) is 24.3 Å². The minimum Gasteiger partial charge on any atom is -0.496 e. The van der Waals surface area contributed by atoms with Crippen LogP contribution in [-0.2, 0) is 4.79 Å². The predicted molar refractivity (Wildman–Crippen MR) is 80.9 cm³/mol. The molecule has 1 aromatic carbocycles. The van der Waals surface area contributed by atoms with Gasteiger partial charge in [0, 0.05) is 12.0 Å². The molecular formula is C17H25NO2. The van der Waals surface area contributed by atoms with Gasteiger partial charge < -0.3 is 10.1 Å². The van der Waals surface area contributed by atoms with E-state index in [2.05, 4.69) is 32.2 Å². The molecule has 0 heterocycles. The largest absolute Gasteiger partial charge is 0.496 e. The number of hydrogen-bond donors (Lipinski definition) is 1. The highest BCUT2D eigenvalue weighted by atomic mass is 16.5. The number of ether oxygens (including phenoxy) is 1. The number of carbonyl (C=O) groups excluding carboxylic acids is 1. The van der Waals surface area contributed by atoms with Crippen LogP contribution in [0.2, 0.25) is 0 Å². The highest BCUT2D eigenvalue weighted by molar-refractivity contribution is 5.83. The molecule has 3 heteroatoms. The second-order valence-corrected chi connectivity index (χ2v) is 5.96. The van der Waals surface area contributed by atoms with Gasteiger partial charge in [0.2, 0.25) is 5.91 Å². The second-order valence-electron chi connectivity index (χ2n) is 5.96. The topological polar surface area (TPSA) is 38.3 Å². The summed E-state index contributed by atoms with van der Waals surface area (Å²) in [6.45, 7) is 6.42. The predicted octanol–water partition coefficient (Wildman–Crippen LogP) is 3.35. The summed E-state index contributed by atoms with van der Waals surface area (Å²) in [7, 11) is 1.68. The number of methoxy groups -OCH3 is 1. The Balaban J connectivity index is 1.99. The summed E-state index contributed by atoms with van der Waals surface area (Å²) in [6.07, 6.45) is 1.91. The number of carbonyl (C=O) groups is 1. The molecule has 0 aliphatic heterocycles. The summed E-state index contributed by atoms with van der Waals surface area (Å²) >= 11 is 0. The van der Waals surface area contributed by atoms with Crippen molar-refractivity contribution in [2.75, 3.05) is 7.11 Å². The van der Waals surface area contributed by atoms with E-state index >= 15 is 0 Å². The molecule has 1 saturated carbocycles. The summed E-state index contributed by atoms with van der Waals surface area (Å²) < 4.78 is 5.38. The molecular weight excluding hydrogens is 250 g/mol. The molecule has 0 bridgehead atoms. The molecule has 110 valence electrons. The lowest BCUT2D eigenvalue weighted by Crippen LogP contribution is -2.39. The van der Waals surface area contributed by atoms with Crippen molar-refractivity contribution in [3.8, 4) is 5.75 Å². The first-order valence-corrected chi connectivity index (χ1v) is 7.51. The third-order valence-corrected chi connectivity index (χ3v) is 4.24. The minimum atomic E-state index is 0.110. The van der Waals surface area contributed by atoms with E-state index in [0.29, 0.717) is 11.8 Å². The van der Waals surface area contributed by atoms with Gasteiger partial charge in [-0.2, -0.15) is 0 Å². The Morgan fingerprint density at radius 3 is 2.70 bits per heavy atom. The molecule has 1 aliphatic carbocycles. The van der Waals surface area contributed by atoms with Gasteiger partial charge in [0.05, 0.1) is 7.11 Å². The zero-order chi connectivity index (χ0) is 14.7. The monoisotopic (exact) mass is 275 g/mol. The van der Waals surface area contributed by atoms with Crippen molar-refractivity contribution >= 4 is 5.91 Å². The van der Waals surface area contributed by atoms with E-state index in [4.69, 9.17) is 4.74 Å². The fourth-order valence-corrected chi connectivity index (χ4v) is 2.83. The first-order valence-electron chi connectivity index (χ1n) is 7.51. The van der Waals surface area contributed by atoms with Gasteiger partial charge in [-0.1, -0.05) is 39.0 Å². The van der Waals surface area contributed by atoms with Crippen molar-refractivity contribution in [2.24, 2.45) is 11.8 Å². The van der Waals surface area contributed by atoms with Gasteiger partial charge in [0.15, 0.2) is 0 Å². The maximum atomic E-state index is 12.3. The zero-order valence-corrected chi connectivity index (χ0v) is 12.8. The van der Waals surface area contributed by atoms with E-state index in [1.54, 1.807) is 7.11 Å². The molecule has 0 unspecified atom stereocenters. The summed E-state index contributed by atoms with van der Waals surface area (Å²) in [5.41, 5.74) is 1.16. The maximum Gasteiger partial charge on any atom is 0.223 e. The number of para-hydroxylation sites is 1. The first kappa shape index (κ1) is 14.9. The summed E-state index contributed by atoms with van der Waals surface area (Å²) in [5.74, 6) is 1.99. The Bertz CT molecular complexity index is 470. The first-order chi connectivity index (χ1) is 9.58.